The lowest BCUT2D eigenvalue weighted by molar-refractivity contribution is -0.124. The lowest BCUT2D eigenvalue weighted by atomic mass is 10.3. The summed E-state index contributed by atoms with van der Waals surface area (Å²) in [4.78, 5) is 23.9. The Bertz CT molecular complexity index is 248. The zero-order valence-electron chi connectivity index (χ0n) is 8.73. The molecule has 1 saturated heterocycles. The van der Waals surface area contributed by atoms with Gasteiger partial charge in [-0.25, -0.2) is 4.79 Å². The molecule has 15 heavy (non-hydrogen) atoms. The number of imide groups is 1. The highest BCUT2D eigenvalue weighted by atomic mass is 32.2. The summed E-state index contributed by atoms with van der Waals surface area (Å²) >= 11 is 1.47. The van der Waals surface area contributed by atoms with Crippen molar-refractivity contribution in [2.75, 3.05) is 25.4 Å². The molecule has 0 radical (unpaired) electrons. The summed E-state index contributed by atoms with van der Waals surface area (Å²) < 4.78 is 0. The van der Waals surface area contributed by atoms with Gasteiger partial charge >= 0.3 is 6.03 Å². The molecule has 1 heterocycles. The van der Waals surface area contributed by atoms with Crippen LogP contribution in [0.15, 0.2) is 0 Å². The maximum atomic E-state index is 11.5. The van der Waals surface area contributed by atoms with Gasteiger partial charge in [0.05, 0.1) is 5.75 Å². The number of carbonyl (C=O) groups is 2. The fraction of sp³-hybridized carbons (Fsp3) is 0.778. The number of aliphatic hydroxyl groups excluding tert-OH is 1. The summed E-state index contributed by atoms with van der Waals surface area (Å²) in [5.74, 6) is 0.147. The molecule has 1 rings (SSSR count). The van der Waals surface area contributed by atoms with E-state index in [2.05, 4.69) is 5.32 Å². The molecule has 1 fully saturated rings. The van der Waals surface area contributed by atoms with E-state index in [0.717, 1.165) is 0 Å². The van der Waals surface area contributed by atoms with E-state index in [-0.39, 0.29) is 23.8 Å². The first-order chi connectivity index (χ1) is 7.15. The molecule has 86 valence electrons. The Morgan fingerprint density at radius 2 is 2.47 bits per heavy atom. The SMILES string of the molecule is CC(CCO)SCC(=O)N1CCNC1=O. The molecular weight excluding hydrogens is 216 g/mol. The molecule has 0 bridgehead atoms. The predicted octanol–water partition coefficient (Wildman–Crippen LogP) is 0.0423. The lowest BCUT2D eigenvalue weighted by Gasteiger charge is -2.13. The van der Waals surface area contributed by atoms with E-state index in [1.54, 1.807) is 0 Å². The van der Waals surface area contributed by atoms with Crippen molar-refractivity contribution in [1.29, 1.82) is 0 Å². The fourth-order valence-electron chi connectivity index (χ4n) is 1.27. The Morgan fingerprint density at radius 3 is 3.00 bits per heavy atom. The number of rotatable bonds is 5. The highest BCUT2D eigenvalue weighted by molar-refractivity contribution is 8.00. The van der Waals surface area contributed by atoms with Gasteiger partial charge in [-0.15, -0.1) is 11.8 Å². The second kappa shape index (κ2) is 5.97. The van der Waals surface area contributed by atoms with Crippen LogP contribution in [0.25, 0.3) is 0 Å². The molecule has 0 saturated carbocycles. The Morgan fingerprint density at radius 1 is 1.73 bits per heavy atom. The normalized spacial score (nSPS) is 17.7. The van der Waals surface area contributed by atoms with Crippen LogP contribution in [0.5, 0.6) is 0 Å². The van der Waals surface area contributed by atoms with Crippen molar-refractivity contribution in [2.24, 2.45) is 0 Å². The number of hydrogen-bond donors (Lipinski definition) is 2. The van der Waals surface area contributed by atoms with Gasteiger partial charge in [-0.2, -0.15) is 0 Å². The molecule has 0 aromatic carbocycles. The van der Waals surface area contributed by atoms with Crippen molar-refractivity contribution >= 4 is 23.7 Å². The Labute approximate surface area is 93.2 Å². The summed E-state index contributed by atoms with van der Waals surface area (Å²) in [5, 5.41) is 11.5. The van der Waals surface area contributed by atoms with Crippen LogP contribution in [0, 0.1) is 0 Å². The van der Waals surface area contributed by atoms with Gasteiger partial charge in [0.2, 0.25) is 5.91 Å². The van der Waals surface area contributed by atoms with Gasteiger partial charge in [-0.3, -0.25) is 9.69 Å². The Hall–Kier alpha value is -0.750. The largest absolute Gasteiger partial charge is 0.396 e. The number of nitrogens with zero attached hydrogens (tertiary/aromatic N) is 1. The number of amides is 3. The summed E-state index contributed by atoms with van der Waals surface area (Å²) in [5.41, 5.74) is 0. The molecule has 1 aliphatic rings. The maximum Gasteiger partial charge on any atom is 0.324 e. The average Bonchev–Trinajstić information content (AvgIpc) is 2.61. The highest BCUT2D eigenvalue weighted by Crippen LogP contribution is 2.14. The van der Waals surface area contributed by atoms with Crippen LogP contribution < -0.4 is 5.32 Å². The van der Waals surface area contributed by atoms with Crippen LogP contribution in [0.2, 0.25) is 0 Å². The average molecular weight is 232 g/mol. The van der Waals surface area contributed by atoms with Crippen LogP contribution in [0.1, 0.15) is 13.3 Å². The van der Waals surface area contributed by atoms with Crippen molar-refractivity contribution in [2.45, 2.75) is 18.6 Å². The summed E-state index contributed by atoms with van der Waals surface area (Å²) in [7, 11) is 0. The molecule has 0 aromatic rings. The molecule has 0 aliphatic carbocycles. The van der Waals surface area contributed by atoms with Gasteiger partial charge < -0.3 is 10.4 Å². The number of hydrogen-bond acceptors (Lipinski definition) is 4. The van der Waals surface area contributed by atoms with Crippen LogP contribution in [-0.2, 0) is 4.79 Å². The minimum atomic E-state index is -0.296. The lowest BCUT2D eigenvalue weighted by Crippen LogP contribution is -2.35. The molecule has 0 spiro atoms. The van der Waals surface area contributed by atoms with E-state index < -0.39 is 0 Å². The van der Waals surface area contributed by atoms with Crippen molar-refractivity contribution in [1.82, 2.24) is 10.2 Å². The third-order valence-electron chi connectivity index (χ3n) is 2.18. The van der Waals surface area contributed by atoms with Crippen molar-refractivity contribution in [3.8, 4) is 0 Å². The Balaban J connectivity index is 2.26. The zero-order valence-corrected chi connectivity index (χ0v) is 9.55. The molecule has 3 amide bonds. The van der Waals surface area contributed by atoms with E-state index in [1.165, 1.54) is 16.7 Å². The van der Waals surface area contributed by atoms with Crippen molar-refractivity contribution < 1.29 is 14.7 Å². The molecule has 2 N–H and O–H groups in total. The first kappa shape index (κ1) is 12.3. The molecule has 1 atom stereocenters. The minimum Gasteiger partial charge on any atom is -0.396 e. The second-order valence-corrected chi connectivity index (χ2v) is 4.84. The smallest absolute Gasteiger partial charge is 0.324 e. The molecule has 1 aliphatic heterocycles. The van der Waals surface area contributed by atoms with Crippen molar-refractivity contribution in [3.05, 3.63) is 0 Å². The third-order valence-corrected chi connectivity index (χ3v) is 3.40. The topological polar surface area (TPSA) is 69.6 Å². The van der Waals surface area contributed by atoms with E-state index in [0.29, 0.717) is 25.3 Å². The number of carbonyl (C=O) groups excluding carboxylic acids is 2. The standard InChI is InChI=1S/C9H16N2O3S/c1-7(2-5-12)15-6-8(13)11-4-3-10-9(11)14/h7,12H,2-6H2,1H3,(H,10,14). The van der Waals surface area contributed by atoms with Crippen LogP contribution in [0.3, 0.4) is 0 Å². The minimum absolute atomic E-state index is 0.132. The number of aliphatic hydroxyl groups is 1. The summed E-state index contributed by atoms with van der Waals surface area (Å²) in [6.45, 7) is 3.10. The first-order valence-electron chi connectivity index (χ1n) is 4.96. The fourth-order valence-corrected chi connectivity index (χ4v) is 2.12. The summed E-state index contributed by atoms with van der Waals surface area (Å²) in [6.07, 6.45) is 0.671. The van der Waals surface area contributed by atoms with Crippen molar-refractivity contribution in [3.63, 3.8) is 0 Å². The number of thioether (sulfide) groups is 1. The van der Waals surface area contributed by atoms with Gasteiger partial charge in [-0.1, -0.05) is 6.92 Å². The maximum absolute atomic E-state index is 11.5. The zero-order chi connectivity index (χ0) is 11.3. The molecule has 5 nitrogen and oxygen atoms in total. The van der Waals surface area contributed by atoms with Gasteiger partial charge in [0, 0.05) is 24.9 Å². The van der Waals surface area contributed by atoms with Gasteiger partial charge in [0.25, 0.3) is 0 Å². The van der Waals surface area contributed by atoms with Crippen LogP contribution in [0.4, 0.5) is 4.79 Å². The molecule has 0 aromatic heterocycles. The number of nitrogens with one attached hydrogen (secondary N) is 1. The van der Waals surface area contributed by atoms with E-state index in [4.69, 9.17) is 5.11 Å². The third kappa shape index (κ3) is 3.71. The van der Waals surface area contributed by atoms with Crippen LogP contribution >= 0.6 is 11.8 Å². The van der Waals surface area contributed by atoms with Gasteiger partial charge in [0.1, 0.15) is 0 Å². The molecule has 1 unspecified atom stereocenters. The van der Waals surface area contributed by atoms with E-state index in [1.807, 2.05) is 6.92 Å². The molecule has 6 heteroatoms. The second-order valence-electron chi connectivity index (χ2n) is 3.41. The van der Waals surface area contributed by atoms with Crippen LogP contribution in [-0.4, -0.2) is 52.6 Å². The van der Waals surface area contributed by atoms with Gasteiger partial charge in [-0.05, 0) is 6.42 Å². The Kier molecular flexibility index (Phi) is 4.90. The number of urea groups is 1. The van der Waals surface area contributed by atoms with E-state index in [9.17, 15) is 9.59 Å². The van der Waals surface area contributed by atoms with E-state index >= 15 is 0 Å². The highest BCUT2D eigenvalue weighted by Gasteiger charge is 2.25. The van der Waals surface area contributed by atoms with Gasteiger partial charge in [0.15, 0.2) is 0 Å². The quantitative estimate of drug-likeness (QED) is 0.702. The predicted molar refractivity (Wildman–Crippen MR) is 58.7 cm³/mol. The first-order valence-corrected chi connectivity index (χ1v) is 6.00. The monoisotopic (exact) mass is 232 g/mol. The molecular formula is C9H16N2O3S. The summed E-state index contributed by atoms with van der Waals surface area (Å²) in [6, 6.07) is -0.296.